The van der Waals surface area contributed by atoms with E-state index in [1.165, 1.54) is 0 Å². The Hall–Kier alpha value is -3.00. The first kappa shape index (κ1) is 27.2. The molecule has 0 aliphatic rings. The van der Waals surface area contributed by atoms with E-state index in [2.05, 4.69) is 0 Å². The number of alkyl halides is 6. The third-order valence-electron chi connectivity index (χ3n) is 4.92. The van der Waals surface area contributed by atoms with Crippen molar-refractivity contribution in [1.29, 1.82) is 0 Å². The molecular weight excluding hydrogens is 466 g/mol. The number of allylic oxidation sites excluding steroid dienone is 2. The normalized spacial score (nSPS) is 12.8. The first-order chi connectivity index (χ1) is 15.9. The molecule has 2 aromatic rings. The molecule has 10 heteroatoms. The molecule has 184 valence electrons. The maximum absolute atomic E-state index is 12.8. The van der Waals surface area contributed by atoms with Gasteiger partial charge in [-0.3, -0.25) is 0 Å². The number of aliphatic hydroxyl groups excluding tert-OH is 2. The van der Waals surface area contributed by atoms with Crippen molar-refractivity contribution >= 4 is 5.57 Å². The molecule has 0 amide bonds. The van der Waals surface area contributed by atoms with Gasteiger partial charge in [0.05, 0.1) is 13.2 Å². The van der Waals surface area contributed by atoms with Gasteiger partial charge in [-0.25, -0.2) is 0 Å². The highest BCUT2D eigenvalue weighted by Crippen LogP contribution is 2.42. The Balaban J connectivity index is 2.25. The minimum atomic E-state index is -6.02. The highest BCUT2D eigenvalue weighted by molar-refractivity contribution is 5.69. The van der Waals surface area contributed by atoms with Gasteiger partial charge in [-0.1, -0.05) is 37.1 Å². The van der Waals surface area contributed by atoms with E-state index in [9.17, 15) is 36.6 Å². The van der Waals surface area contributed by atoms with Crippen LogP contribution in [0.4, 0.5) is 26.3 Å². The molecule has 0 spiro atoms. The summed E-state index contributed by atoms with van der Waals surface area (Å²) in [5.74, 6) is 2.98. The zero-order valence-electron chi connectivity index (χ0n) is 18.0. The Morgan fingerprint density at radius 1 is 0.941 bits per heavy atom. The van der Waals surface area contributed by atoms with Gasteiger partial charge in [0, 0.05) is 0 Å². The van der Waals surface area contributed by atoms with Gasteiger partial charge in [-0.05, 0) is 64.4 Å². The predicted octanol–water partition coefficient (Wildman–Crippen LogP) is 4.90. The van der Waals surface area contributed by atoms with Crippen molar-refractivity contribution < 1.29 is 46.4 Å². The van der Waals surface area contributed by atoms with Gasteiger partial charge < -0.3 is 20.1 Å². The average molecular weight is 488 g/mol. The van der Waals surface area contributed by atoms with Crippen molar-refractivity contribution in [3.8, 4) is 17.6 Å². The second-order valence-electron chi connectivity index (χ2n) is 7.23. The molecule has 0 saturated heterocycles. The smallest absolute Gasteiger partial charge is 0.438 e. The number of aliphatic hydroxyl groups is 3. The molecule has 34 heavy (non-hydrogen) atoms. The minimum Gasteiger partial charge on any atom is -0.489 e. The lowest BCUT2D eigenvalue weighted by Crippen LogP contribution is -2.55. The van der Waals surface area contributed by atoms with E-state index in [1.807, 2.05) is 0 Å². The van der Waals surface area contributed by atoms with Gasteiger partial charge in [0.15, 0.2) is 0 Å². The zero-order valence-corrected chi connectivity index (χ0v) is 18.0. The van der Waals surface area contributed by atoms with Gasteiger partial charge in [0.1, 0.15) is 12.4 Å². The van der Waals surface area contributed by atoms with Crippen LogP contribution in [0.3, 0.4) is 0 Å². The molecule has 0 bridgehead atoms. The van der Waals surface area contributed by atoms with Crippen LogP contribution in [0.15, 0.2) is 48.5 Å². The number of rotatable bonds is 7. The van der Waals surface area contributed by atoms with Crippen LogP contribution in [0, 0.1) is 11.8 Å². The summed E-state index contributed by atoms with van der Waals surface area (Å²) in [5.41, 5.74) is -2.51. The van der Waals surface area contributed by atoms with Crippen LogP contribution in [0.1, 0.15) is 35.6 Å². The summed E-state index contributed by atoms with van der Waals surface area (Å²) in [7, 11) is 0. The number of halogens is 6. The number of benzene rings is 2. The molecular formula is C24H22F6O4. The van der Waals surface area contributed by atoms with Crippen LogP contribution in [-0.2, 0) is 19.8 Å². The highest BCUT2D eigenvalue weighted by atomic mass is 19.4. The zero-order chi connectivity index (χ0) is 25.6. The molecule has 0 aromatic heterocycles. The lowest BCUT2D eigenvalue weighted by Gasteiger charge is -2.27. The highest BCUT2D eigenvalue weighted by Gasteiger charge is 2.70. The molecule has 0 atom stereocenters. The van der Waals surface area contributed by atoms with Crippen molar-refractivity contribution in [3.63, 3.8) is 0 Å². The second-order valence-corrected chi connectivity index (χ2v) is 7.23. The minimum absolute atomic E-state index is 0.108. The number of hydrogen-bond acceptors (Lipinski definition) is 4. The predicted molar refractivity (Wildman–Crippen MR) is 112 cm³/mol. The van der Waals surface area contributed by atoms with E-state index in [4.69, 9.17) is 9.84 Å². The van der Waals surface area contributed by atoms with Crippen LogP contribution >= 0.6 is 0 Å². The average Bonchev–Trinajstić information content (AvgIpc) is 2.78. The van der Waals surface area contributed by atoms with Crippen LogP contribution in [0.25, 0.3) is 5.57 Å². The summed E-state index contributed by atoms with van der Waals surface area (Å²) >= 11 is 0. The molecule has 0 fully saturated rings. The Kier molecular flexibility index (Phi) is 8.78. The van der Waals surface area contributed by atoms with Crippen molar-refractivity contribution in [2.75, 3.05) is 0 Å². The van der Waals surface area contributed by atoms with Crippen molar-refractivity contribution in [2.45, 2.75) is 51.1 Å². The van der Waals surface area contributed by atoms with Gasteiger partial charge in [-0.15, -0.1) is 0 Å². The summed E-state index contributed by atoms with van der Waals surface area (Å²) in [4.78, 5) is 0. The Bertz CT molecular complexity index is 1060. The van der Waals surface area contributed by atoms with E-state index < -0.39 is 18.0 Å². The standard InChI is InChI=1S/C24H22F6O4/c1-2-17(6-4-10-22(33,23(25,26)27)24(28,29)30)18-5-3-7-21(12-18)34-15-16-8-9-19(13-31)20(11-16)14-32/h3,5-9,11-12,31-33H,2,13-15H2,1H3/b17-6-. The summed E-state index contributed by atoms with van der Waals surface area (Å²) < 4.78 is 82.3. The van der Waals surface area contributed by atoms with E-state index >= 15 is 0 Å². The topological polar surface area (TPSA) is 69.9 Å². The van der Waals surface area contributed by atoms with Gasteiger partial charge >= 0.3 is 18.0 Å². The fourth-order valence-electron chi connectivity index (χ4n) is 2.94. The molecule has 4 nitrogen and oxygen atoms in total. The molecule has 0 aliphatic heterocycles. The largest absolute Gasteiger partial charge is 0.489 e. The summed E-state index contributed by atoms with van der Waals surface area (Å²) in [6.07, 6.45) is -10.9. The van der Waals surface area contributed by atoms with E-state index in [1.54, 1.807) is 55.3 Å². The summed E-state index contributed by atoms with van der Waals surface area (Å²) in [5, 5.41) is 27.8. The van der Waals surface area contributed by atoms with Gasteiger partial charge in [0.25, 0.3) is 0 Å². The van der Waals surface area contributed by atoms with E-state index in [0.717, 1.165) is 12.0 Å². The summed E-state index contributed by atoms with van der Waals surface area (Å²) in [6.45, 7) is 1.26. The van der Waals surface area contributed by atoms with Crippen molar-refractivity contribution in [3.05, 3.63) is 70.8 Å². The monoisotopic (exact) mass is 488 g/mol. The third-order valence-corrected chi connectivity index (χ3v) is 4.92. The third kappa shape index (κ3) is 6.32. The van der Waals surface area contributed by atoms with Crippen molar-refractivity contribution in [1.82, 2.24) is 0 Å². The molecule has 2 rings (SSSR count). The SMILES string of the molecule is CC/C(=C/C#CC(O)(C(F)(F)F)C(F)(F)F)c1cccc(OCc2ccc(CO)c(CO)c2)c1. The van der Waals surface area contributed by atoms with Crippen LogP contribution in [-0.4, -0.2) is 33.3 Å². The van der Waals surface area contributed by atoms with Crippen LogP contribution in [0.2, 0.25) is 0 Å². The molecule has 0 aliphatic carbocycles. The van der Waals surface area contributed by atoms with Crippen LogP contribution in [0.5, 0.6) is 5.75 Å². The molecule has 0 heterocycles. The molecule has 3 N–H and O–H groups in total. The van der Waals surface area contributed by atoms with E-state index in [-0.39, 0.29) is 26.2 Å². The molecule has 0 saturated carbocycles. The Morgan fingerprint density at radius 2 is 1.59 bits per heavy atom. The van der Waals surface area contributed by atoms with Crippen LogP contribution < -0.4 is 4.74 Å². The van der Waals surface area contributed by atoms with Gasteiger partial charge in [-0.2, -0.15) is 26.3 Å². The first-order valence-corrected chi connectivity index (χ1v) is 9.99. The Labute approximate surface area is 192 Å². The fourth-order valence-corrected chi connectivity index (χ4v) is 2.94. The van der Waals surface area contributed by atoms with Crippen molar-refractivity contribution in [2.24, 2.45) is 0 Å². The molecule has 2 aromatic carbocycles. The molecule has 0 radical (unpaired) electrons. The Morgan fingerprint density at radius 3 is 2.15 bits per heavy atom. The number of hydrogen-bond donors (Lipinski definition) is 3. The lowest BCUT2D eigenvalue weighted by atomic mass is 10.0. The second kappa shape index (κ2) is 11.0. The van der Waals surface area contributed by atoms with Gasteiger partial charge in [0.2, 0.25) is 0 Å². The maximum Gasteiger partial charge on any atom is 0.438 e. The molecule has 0 unspecified atom stereocenters. The number of ether oxygens (including phenoxy) is 1. The fraction of sp³-hybridized carbons (Fsp3) is 0.333. The quantitative estimate of drug-likeness (QED) is 0.383. The summed E-state index contributed by atoms with van der Waals surface area (Å²) in [6, 6.07) is 11.4. The lowest BCUT2D eigenvalue weighted by molar-refractivity contribution is -0.343. The first-order valence-electron chi connectivity index (χ1n) is 9.99. The maximum atomic E-state index is 12.8. The van der Waals surface area contributed by atoms with E-state index in [0.29, 0.717) is 33.6 Å².